The van der Waals surface area contributed by atoms with Crippen LogP contribution in [0.4, 0.5) is 13.2 Å². The van der Waals surface area contributed by atoms with Gasteiger partial charge in [-0.1, -0.05) is 0 Å². The van der Waals surface area contributed by atoms with Gasteiger partial charge in [0, 0.05) is 12.1 Å². The van der Waals surface area contributed by atoms with E-state index in [9.17, 15) is 38.1 Å². The third kappa shape index (κ3) is 2.56. The Labute approximate surface area is 120 Å². The average molecular weight is 326 g/mol. The molecule has 1 aromatic heterocycles. The standard InChI is InChI=1S/C11H13F3N2O6/c12-11(13,14)4-1-16(10(22)15-9(4)21)5-6(18)3(2-17)7(19)8(5)20/h1,3,5-8,17-20H,2H2,(H,15,21,22)/t3-,5+,6-,7?,8?/m1/s1. The first-order valence-electron chi connectivity index (χ1n) is 6.17. The molecule has 0 bridgehead atoms. The molecule has 22 heavy (non-hydrogen) atoms. The first kappa shape index (κ1) is 16.7. The smallest absolute Gasteiger partial charge is 0.396 e. The van der Waals surface area contributed by atoms with Gasteiger partial charge in [-0.25, -0.2) is 4.79 Å². The second kappa shape index (κ2) is 5.50. The van der Waals surface area contributed by atoms with Crippen LogP contribution in [-0.4, -0.2) is 54.9 Å². The Kier molecular flexibility index (Phi) is 4.17. The summed E-state index contributed by atoms with van der Waals surface area (Å²) >= 11 is 0. The Morgan fingerprint density at radius 1 is 1.14 bits per heavy atom. The maximum atomic E-state index is 12.7. The zero-order valence-electron chi connectivity index (χ0n) is 10.9. The van der Waals surface area contributed by atoms with Gasteiger partial charge < -0.3 is 20.4 Å². The van der Waals surface area contributed by atoms with Crippen LogP contribution in [0.1, 0.15) is 11.6 Å². The van der Waals surface area contributed by atoms with Crippen LogP contribution in [0, 0.1) is 5.92 Å². The van der Waals surface area contributed by atoms with Crippen molar-refractivity contribution >= 4 is 0 Å². The highest BCUT2D eigenvalue weighted by Crippen LogP contribution is 2.35. The lowest BCUT2D eigenvalue weighted by Gasteiger charge is -2.22. The lowest BCUT2D eigenvalue weighted by Crippen LogP contribution is -2.42. The van der Waals surface area contributed by atoms with Gasteiger partial charge in [0.2, 0.25) is 0 Å². The molecule has 2 rings (SSSR count). The van der Waals surface area contributed by atoms with E-state index in [1.165, 1.54) is 4.98 Å². The number of alkyl halides is 3. The molecule has 1 aromatic rings. The van der Waals surface area contributed by atoms with Crippen molar-refractivity contribution in [1.82, 2.24) is 9.55 Å². The fourth-order valence-electron chi connectivity index (χ4n) is 2.57. The predicted molar refractivity (Wildman–Crippen MR) is 64.0 cm³/mol. The molecule has 0 spiro atoms. The van der Waals surface area contributed by atoms with E-state index in [2.05, 4.69) is 0 Å². The van der Waals surface area contributed by atoms with Gasteiger partial charge in [-0.15, -0.1) is 0 Å². The maximum absolute atomic E-state index is 12.7. The molecule has 1 aliphatic carbocycles. The third-order valence-corrected chi connectivity index (χ3v) is 3.73. The molecular formula is C11H13F3N2O6. The monoisotopic (exact) mass is 326 g/mol. The van der Waals surface area contributed by atoms with E-state index >= 15 is 0 Å². The molecule has 124 valence electrons. The number of aliphatic hydroxyl groups excluding tert-OH is 4. The summed E-state index contributed by atoms with van der Waals surface area (Å²) in [4.78, 5) is 24.3. The van der Waals surface area contributed by atoms with Crippen molar-refractivity contribution in [3.63, 3.8) is 0 Å². The number of aromatic amines is 1. The van der Waals surface area contributed by atoms with Crippen molar-refractivity contribution in [3.05, 3.63) is 32.6 Å². The van der Waals surface area contributed by atoms with Crippen molar-refractivity contribution in [2.24, 2.45) is 5.92 Å². The van der Waals surface area contributed by atoms with Crippen LogP contribution in [0.2, 0.25) is 0 Å². The van der Waals surface area contributed by atoms with E-state index in [-0.39, 0.29) is 6.20 Å². The lowest BCUT2D eigenvalue weighted by atomic mass is 10.0. The van der Waals surface area contributed by atoms with Gasteiger partial charge >= 0.3 is 11.9 Å². The molecule has 11 heteroatoms. The Hall–Kier alpha value is -1.69. The number of nitrogens with zero attached hydrogens (tertiary/aromatic N) is 1. The third-order valence-electron chi connectivity index (χ3n) is 3.73. The zero-order chi connectivity index (χ0) is 16.8. The Morgan fingerprint density at radius 3 is 2.18 bits per heavy atom. The molecule has 0 aliphatic heterocycles. The van der Waals surface area contributed by atoms with Gasteiger partial charge in [0.05, 0.1) is 24.9 Å². The second-order valence-electron chi connectivity index (χ2n) is 5.02. The lowest BCUT2D eigenvalue weighted by molar-refractivity contribution is -0.139. The Balaban J connectivity index is 2.58. The highest BCUT2D eigenvalue weighted by molar-refractivity contribution is 5.12. The quantitative estimate of drug-likeness (QED) is 0.418. The van der Waals surface area contributed by atoms with E-state index in [4.69, 9.17) is 5.11 Å². The van der Waals surface area contributed by atoms with E-state index in [1.54, 1.807) is 0 Å². The fourth-order valence-corrected chi connectivity index (χ4v) is 2.57. The summed E-state index contributed by atoms with van der Waals surface area (Å²) < 4.78 is 38.4. The van der Waals surface area contributed by atoms with Crippen LogP contribution in [0.15, 0.2) is 15.8 Å². The molecular weight excluding hydrogens is 313 g/mol. The van der Waals surface area contributed by atoms with Crippen LogP contribution >= 0.6 is 0 Å². The van der Waals surface area contributed by atoms with E-state index in [0.717, 1.165) is 0 Å². The number of hydrogen-bond acceptors (Lipinski definition) is 6. The number of hydrogen-bond donors (Lipinski definition) is 5. The molecule has 8 nitrogen and oxygen atoms in total. The molecule has 1 heterocycles. The molecule has 1 fully saturated rings. The normalized spacial score (nSPS) is 32.4. The van der Waals surface area contributed by atoms with Gasteiger partial charge in [-0.3, -0.25) is 14.3 Å². The van der Waals surface area contributed by atoms with Crippen LogP contribution < -0.4 is 11.2 Å². The Bertz CT molecular complexity index is 669. The van der Waals surface area contributed by atoms with Crippen molar-refractivity contribution in [3.8, 4) is 0 Å². The minimum Gasteiger partial charge on any atom is -0.396 e. The first-order valence-corrected chi connectivity index (χ1v) is 6.17. The molecule has 0 radical (unpaired) electrons. The number of halogens is 3. The van der Waals surface area contributed by atoms with Gasteiger partial charge in [0.25, 0.3) is 5.56 Å². The van der Waals surface area contributed by atoms with Crippen LogP contribution in [0.3, 0.4) is 0 Å². The topological polar surface area (TPSA) is 136 Å². The molecule has 0 saturated heterocycles. The summed E-state index contributed by atoms with van der Waals surface area (Å²) in [6.07, 6.45) is -9.99. The highest BCUT2D eigenvalue weighted by Gasteiger charge is 2.50. The van der Waals surface area contributed by atoms with Crippen molar-refractivity contribution < 1.29 is 33.6 Å². The number of aliphatic hydroxyl groups is 4. The van der Waals surface area contributed by atoms with Crippen LogP contribution in [0.25, 0.3) is 0 Å². The zero-order valence-corrected chi connectivity index (χ0v) is 10.9. The van der Waals surface area contributed by atoms with Crippen molar-refractivity contribution in [2.75, 3.05) is 6.61 Å². The summed E-state index contributed by atoms with van der Waals surface area (Å²) in [6, 6.07) is -1.64. The summed E-state index contributed by atoms with van der Waals surface area (Å²) in [7, 11) is 0. The summed E-state index contributed by atoms with van der Waals surface area (Å²) in [6.45, 7) is -0.750. The van der Waals surface area contributed by atoms with Crippen LogP contribution in [-0.2, 0) is 6.18 Å². The highest BCUT2D eigenvalue weighted by atomic mass is 19.4. The maximum Gasteiger partial charge on any atom is 0.423 e. The molecule has 0 amide bonds. The van der Waals surface area contributed by atoms with Gasteiger partial charge in [0.15, 0.2) is 0 Å². The fraction of sp³-hybridized carbons (Fsp3) is 0.636. The van der Waals surface area contributed by atoms with Gasteiger partial charge in [-0.2, -0.15) is 13.2 Å². The number of rotatable bonds is 2. The van der Waals surface area contributed by atoms with E-state index < -0.39 is 59.9 Å². The number of H-pyrrole nitrogens is 1. The first-order chi connectivity index (χ1) is 10.1. The molecule has 5 N–H and O–H groups in total. The van der Waals surface area contributed by atoms with Crippen molar-refractivity contribution in [2.45, 2.75) is 30.5 Å². The largest absolute Gasteiger partial charge is 0.423 e. The summed E-state index contributed by atoms with van der Waals surface area (Å²) in [5, 5.41) is 38.4. The van der Waals surface area contributed by atoms with E-state index in [1.807, 2.05) is 0 Å². The Morgan fingerprint density at radius 2 is 1.73 bits per heavy atom. The molecule has 1 saturated carbocycles. The summed E-state index contributed by atoms with van der Waals surface area (Å²) in [5.41, 5.74) is -4.63. The number of aromatic nitrogens is 2. The molecule has 2 unspecified atom stereocenters. The second-order valence-corrected chi connectivity index (χ2v) is 5.02. The average Bonchev–Trinajstić information content (AvgIpc) is 2.60. The van der Waals surface area contributed by atoms with Gasteiger partial charge in [-0.05, 0) is 0 Å². The number of nitrogens with one attached hydrogen (secondary N) is 1. The van der Waals surface area contributed by atoms with Crippen molar-refractivity contribution in [1.29, 1.82) is 0 Å². The van der Waals surface area contributed by atoms with E-state index in [0.29, 0.717) is 4.57 Å². The SMILES string of the molecule is O=c1[nH]c(=O)n([C@@H]2C(O)C(O)[C@H](CO)[C@H]2O)cc1C(F)(F)F. The van der Waals surface area contributed by atoms with Gasteiger partial charge in [0.1, 0.15) is 11.7 Å². The predicted octanol–water partition coefficient (Wildman–Crippen LogP) is -2.20. The minimum atomic E-state index is -5.05. The van der Waals surface area contributed by atoms with Crippen LogP contribution in [0.5, 0.6) is 0 Å². The minimum absolute atomic E-state index is 0.171. The summed E-state index contributed by atoms with van der Waals surface area (Å²) in [5.74, 6) is -1.24. The molecule has 0 aromatic carbocycles. The molecule has 5 atom stereocenters. The molecule has 1 aliphatic rings.